The quantitative estimate of drug-likeness (QED) is 0.830. The van der Waals surface area contributed by atoms with Crippen LogP contribution in [-0.4, -0.2) is 27.5 Å². The Morgan fingerprint density at radius 1 is 1.35 bits per heavy atom. The third-order valence-corrected chi connectivity index (χ3v) is 5.45. The lowest BCUT2D eigenvalue weighted by atomic mass is 9.96. The standard InChI is InChI=1S/C13H16ClF3N2O2S.ClH/c1-8-4-5-18-7-11(8)19-22(20,21)12-3-2-9(14)6-10(12)13(15,16)17;/h2-3,6,8,11,18-19H,4-5,7H2,1H3;1H. The highest BCUT2D eigenvalue weighted by Gasteiger charge is 2.38. The summed E-state index contributed by atoms with van der Waals surface area (Å²) in [6, 6.07) is 2.19. The minimum Gasteiger partial charge on any atom is -0.315 e. The fraction of sp³-hybridized carbons (Fsp3) is 0.538. The van der Waals surface area contributed by atoms with E-state index < -0.39 is 32.7 Å². The lowest BCUT2D eigenvalue weighted by molar-refractivity contribution is -0.139. The number of rotatable bonds is 3. The van der Waals surface area contributed by atoms with Crippen molar-refractivity contribution in [1.29, 1.82) is 0 Å². The van der Waals surface area contributed by atoms with Gasteiger partial charge in [-0.1, -0.05) is 18.5 Å². The Morgan fingerprint density at radius 3 is 2.57 bits per heavy atom. The summed E-state index contributed by atoms with van der Waals surface area (Å²) in [5.41, 5.74) is -1.26. The maximum absolute atomic E-state index is 13.1. The first-order chi connectivity index (χ1) is 10.1. The SMILES string of the molecule is CC1CCNCC1NS(=O)(=O)c1ccc(Cl)cc1C(F)(F)F.Cl. The van der Waals surface area contributed by atoms with Crippen molar-refractivity contribution in [1.82, 2.24) is 10.0 Å². The van der Waals surface area contributed by atoms with Crippen LogP contribution in [0.5, 0.6) is 0 Å². The number of benzene rings is 1. The molecule has 2 atom stereocenters. The monoisotopic (exact) mass is 392 g/mol. The molecule has 2 unspecified atom stereocenters. The van der Waals surface area contributed by atoms with E-state index in [9.17, 15) is 21.6 Å². The summed E-state index contributed by atoms with van der Waals surface area (Å²) in [5.74, 6) is 0.0395. The van der Waals surface area contributed by atoms with Crippen molar-refractivity contribution in [3.05, 3.63) is 28.8 Å². The summed E-state index contributed by atoms with van der Waals surface area (Å²) in [7, 11) is -4.29. The average Bonchev–Trinajstić information content (AvgIpc) is 2.40. The number of hydrogen-bond donors (Lipinski definition) is 2. The van der Waals surface area contributed by atoms with Crippen LogP contribution in [0.1, 0.15) is 18.9 Å². The van der Waals surface area contributed by atoms with Crippen LogP contribution in [0.3, 0.4) is 0 Å². The molecule has 0 aromatic heterocycles. The third-order valence-electron chi connectivity index (χ3n) is 3.67. The first-order valence-corrected chi connectivity index (χ1v) is 8.57. The van der Waals surface area contributed by atoms with E-state index >= 15 is 0 Å². The van der Waals surface area contributed by atoms with Crippen molar-refractivity contribution < 1.29 is 21.6 Å². The molecule has 0 amide bonds. The van der Waals surface area contributed by atoms with Gasteiger partial charge in [0.05, 0.1) is 10.5 Å². The number of sulfonamides is 1. The largest absolute Gasteiger partial charge is 0.417 e. The zero-order chi connectivity index (χ0) is 16.5. The summed E-state index contributed by atoms with van der Waals surface area (Å²) in [5, 5.41) is 2.86. The van der Waals surface area contributed by atoms with Crippen LogP contribution in [-0.2, 0) is 16.2 Å². The molecule has 1 aromatic rings. The van der Waals surface area contributed by atoms with Crippen LogP contribution < -0.4 is 10.0 Å². The van der Waals surface area contributed by atoms with Crippen molar-refractivity contribution in [2.45, 2.75) is 30.5 Å². The molecule has 132 valence electrons. The van der Waals surface area contributed by atoms with E-state index in [2.05, 4.69) is 10.0 Å². The molecule has 1 aliphatic heterocycles. The molecular formula is C13H17Cl2F3N2O2S. The smallest absolute Gasteiger partial charge is 0.315 e. The van der Waals surface area contributed by atoms with Gasteiger partial charge in [0.25, 0.3) is 0 Å². The van der Waals surface area contributed by atoms with E-state index in [0.29, 0.717) is 12.6 Å². The molecule has 0 radical (unpaired) electrons. The second-order valence-corrected chi connectivity index (χ2v) is 7.45. The molecule has 1 saturated heterocycles. The molecule has 10 heteroatoms. The van der Waals surface area contributed by atoms with Gasteiger partial charge in [-0.25, -0.2) is 13.1 Å². The predicted octanol–water partition coefficient (Wildman–Crippen LogP) is 3.06. The van der Waals surface area contributed by atoms with Gasteiger partial charge in [-0.05, 0) is 37.1 Å². The Balaban J connectivity index is 0.00000264. The van der Waals surface area contributed by atoms with Crippen LogP contribution >= 0.6 is 24.0 Å². The van der Waals surface area contributed by atoms with Crippen molar-refractivity contribution in [2.75, 3.05) is 13.1 Å². The van der Waals surface area contributed by atoms with Crippen LogP contribution in [0.4, 0.5) is 13.2 Å². The van der Waals surface area contributed by atoms with Gasteiger partial charge in [0.1, 0.15) is 0 Å². The third kappa shape index (κ3) is 4.96. The van der Waals surface area contributed by atoms with Crippen molar-refractivity contribution in [3.63, 3.8) is 0 Å². The van der Waals surface area contributed by atoms with E-state index in [0.717, 1.165) is 25.1 Å². The lowest BCUT2D eigenvalue weighted by Gasteiger charge is -2.30. The Hall–Kier alpha value is -0.540. The molecule has 0 aliphatic carbocycles. The first-order valence-electron chi connectivity index (χ1n) is 6.71. The molecule has 1 heterocycles. The minimum atomic E-state index is -4.80. The zero-order valence-corrected chi connectivity index (χ0v) is 14.5. The maximum atomic E-state index is 13.1. The highest BCUT2D eigenvalue weighted by molar-refractivity contribution is 7.89. The number of piperidine rings is 1. The second kappa shape index (κ2) is 7.57. The van der Waals surface area contributed by atoms with Crippen LogP contribution in [0.2, 0.25) is 5.02 Å². The van der Waals surface area contributed by atoms with Crippen LogP contribution in [0.15, 0.2) is 23.1 Å². The van der Waals surface area contributed by atoms with Gasteiger partial charge < -0.3 is 5.32 Å². The van der Waals surface area contributed by atoms with Gasteiger partial charge in [-0.2, -0.15) is 13.2 Å². The Kier molecular flexibility index (Phi) is 6.74. The Morgan fingerprint density at radius 2 is 2.00 bits per heavy atom. The van der Waals surface area contributed by atoms with E-state index in [1.807, 2.05) is 6.92 Å². The van der Waals surface area contributed by atoms with E-state index in [4.69, 9.17) is 11.6 Å². The summed E-state index contributed by atoms with van der Waals surface area (Å²) in [4.78, 5) is -0.804. The topological polar surface area (TPSA) is 58.2 Å². The summed E-state index contributed by atoms with van der Waals surface area (Å²) < 4.78 is 66.2. The molecule has 4 nitrogen and oxygen atoms in total. The summed E-state index contributed by atoms with van der Waals surface area (Å²) in [6.45, 7) is 3.00. The molecule has 2 rings (SSSR count). The van der Waals surface area contributed by atoms with Gasteiger partial charge in [-0.3, -0.25) is 0 Å². The number of nitrogens with one attached hydrogen (secondary N) is 2. The maximum Gasteiger partial charge on any atom is 0.417 e. The van der Waals surface area contributed by atoms with Gasteiger partial charge >= 0.3 is 6.18 Å². The molecule has 1 fully saturated rings. The van der Waals surface area contributed by atoms with Gasteiger partial charge in [0, 0.05) is 17.6 Å². The normalized spacial score (nSPS) is 22.5. The van der Waals surface area contributed by atoms with Gasteiger partial charge in [-0.15, -0.1) is 12.4 Å². The molecule has 0 bridgehead atoms. The minimum absolute atomic E-state index is 0. The molecule has 1 aromatic carbocycles. The van der Waals surface area contributed by atoms with Gasteiger partial charge in [0.15, 0.2) is 0 Å². The van der Waals surface area contributed by atoms with Crippen molar-refractivity contribution >= 4 is 34.0 Å². The fourth-order valence-corrected chi connectivity index (χ4v) is 4.09. The van der Waals surface area contributed by atoms with E-state index in [1.165, 1.54) is 0 Å². The molecule has 1 aliphatic rings. The number of hydrogen-bond acceptors (Lipinski definition) is 3. The Bertz CT molecular complexity index is 653. The highest BCUT2D eigenvalue weighted by Crippen LogP contribution is 2.36. The van der Waals surface area contributed by atoms with Crippen molar-refractivity contribution in [2.24, 2.45) is 5.92 Å². The fourth-order valence-electron chi connectivity index (χ4n) is 2.37. The Labute approximate surface area is 144 Å². The highest BCUT2D eigenvalue weighted by atomic mass is 35.5. The molecule has 2 N–H and O–H groups in total. The summed E-state index contributed by atoms with van der Waals surface area (Å²) >= 11 is 5.56. The van der Waals surface area contributed by atoms with E-state index in [-0.39, 0.29) is 23.3 Å². The van der Waals surface area contributed by atoms with E-state index in [1.54, 1.807) is 0 Å². The number of alkyl halides is 3. The predicted molar refractivity (Wildman–Crippen MR) is 84.5 cm³/mol. The second-order valence-electron chi connectivity index (χ2n) is 5.34. The van der Waals surface area contributed by atoms with Crippen molar-refractivity contribution in [3.8, 4) is 0 Å². The average molecular weight is 393 g/mol. The molecule has 23 heavy (non-hydrogen) atoms. The van der Waals surface area contributed by atoms with Crippen LogP contribution in [0.25, 0.3) is 0 Å². The van der Waals surface area contributed by atoms with Crippen LogP contribution in [0, 0.1) is 5.92 Å². The molecule has 0 spiro atoms. The molecule has 0 saturated carbocycles. The summed E-state index contributed by atoms with van der Waals surface area (Å²) in [6.07, 6.45) is -4.05. The zero-order valence-electron chi connectivity index (χ0n) is 12.2. The molecular weight excluding hydrogens is 376 g/mol. The first kappa shape index (κ1) is 20.5. The number of halogens is 5. The van der Waals surface area contributed by atoms with Gasteiger partial charge in [0.2, 0.25) is 10.0 Å². The lowest BCUT2D eigenvalue weighted by Crippen LogP contribution is -2.50.